The summed E-state index contributed by atoms with van der Waals surface area (Å²) in [5.74, 6) is 4.07. The van der Waals surface area contributed by atoms with Gasteiger partial charge in [0.05, 0.1) is 11.2 Å². The van der Waals surface area contributed by atoms with Crippen LogP contribution >= 0.6 is 0 Å². The summed E-state index contributed by atoms with van der Waals surface area (Å²) in [4.78, 5) is 0. The van der Waals surface area contributed by atoms with Crippen molar-refractivity contribution in [1.29, 1.82) is 0 Å². The molecule has 0 radical (unpaired) electrons. The average molecular weight is 403 g/mol. The summed E-state index contributed by atoms with van der Waals surface area (Å²) in [7, 11) is 0. The van der Waals surface area contributed by atoms with E-state index in [2.05, 4.69) is 26.8 Å². The minimum absolute atomic E-state index is 0.330. The predicted molar refractivity (Wildman–Crippen MR) is 121 cm³/mol. The van der Waals surface area contributed by atoms with Crippen LogP contribution in [0.25, 0.3) is 0 Å². The second kappa shape index (κ2) is 7.09. The smallest absolute Gasteiger partial charge is 0.0657 e. The minimum Gasteiger partial charge on any atom is -0.390 e. The maximum atomic E-state index is 10.7. The quantitative estimate of drug-likeness (QED) is 0.527. The van der Waals surface area contributed by atoms with Crippen LogP contribution in [0.5, 0.6) is 0 Å². The molecule has 0 spiro atoms. The molecule has 3 unspecified atom stereocenters. The van der Waals surface area contributed by atoms with Crippen LogP contribution in [0.4, 0.5) is 0 Å². The van der Waals surface area contributed by atoms with Crippen molar-refractivity contribution in [3.8, 4) is 0 Å². The van der Waals surface area contributed by atoms with Crippen LogP contribution in [0, 0.1) is 40.4 Å². The highest BCUT2D eigenvalue weighted by Gasteiger charge is 2.59. The van der Waals surface area contributed by atoms with Crippen molar-refractivity contribution in [2.75, 3.05) is 0 Å². The van der Waals surface area contributed by atoms with E-state index < -0.39 is 11.2 Å². The van der Waals surface area contributed by atoms with Crippen molar-refractivity contribution >= 4 is 0 Å². The topological polar surface area (TPSA) is 40.5 Å². The van der Waals surface area contributed by atoms with Gasteiger partial charge in [-0.1, -0.05) is 32.4 Å². The highest BCUT2D eigenvalue weighted by atomic mass is 16.3. The van der Waals surface area contributed by atoms with Gasteiger partial charge in [-0.05, 0) is 125 Å². The Balaban J connectivity index is 1.53. The van der Waals surface area contributed by atoms with E-state index in [1.54, 1.807) is 5.57 Å². The van der Waals surface area contributed by atoms with Gasteiger partial charge in [-0.3, -0.25) is 0 Å². The molecule has 0 bridgehead atoms. The molecule has 29 heavy (non-hydrogen) atoms. The molecule has 0 aromatic carbocycles. The summed E-state index contributed by atoms with van der Waals surface area (Å²) >= 11 is 0. The van der Waals surface area contributed by atoms with E-state index in [-0.39, 0.29) is 0 Å². The van der Waals surface area contributed by atoms with E-state index in [1.807, 2.05) is 20.8 Å². The minimum atomic E-state index is -0.536. The molecule has 166 valence electrons. The summed E-state index contributed by atoms with van der Waals surface area (Å²) in [6.07, 6.45) is 14.5. The monoisotopic (exact) mass is 402 g/mol. The van der Waals surface area contributed by atoms with Gasteiger partial charge in [-0.15, -0.1) is 0 Å². The van der Waals surface area contributed by atoms with Crippen LogP contribution in [0.2, 0.25) is 0 Å². The second-order valence-corrected chi connectivity index (χ2v) is 13.0. The molecule has 3 saturated carbocycles. The zero-order chi connectivity index (χ0) is 21.2. The summed E-state index contributed by atoms with van der Waals surface area (Å²) in [5.41, 5.74) is 1.37. The Labute approximate surface area is 179 Å². The molecule has 4 rings (SSSR count). The number of rotatable bonds is 4. The van der Waals surface area contributed by atoms with E-state index in [0.29, 0.717) is 16.7 Å². The highest BCUT2D eigenvalue weighted by Crippen LogP contribution is 2.67. The molecule has 0 aromatic rings. The summed E-state index contributed by atoms with van der Waals surface area (Å²) < 4.78 is 0. The molecular formula is C27H46O2. The van der Waals surface area contributed by atoms with Crippen LogP contribution in [-0.4, -0.2) is 21.4 Å². The first-order valence-corrected chi connectivity index (χ1v) is 12.5. The van der Waals surface area contributed by atoms with Crippen LogP contribution in [0.1, 0.15) is 106 Å². The lowest BCUT2D eigenvalue weighted by Crippen LogP contribution is -2.52. The zero-order valence-corrected chi connectivity index (χ0v) is 19.9. The number of aliphatic hydroxyl groups is 2. The van der Waals surface area contributed by atoms with Gasteiger partial charge in [0.25, 0.3) is 0 Å². The van der Waals surface area contributed by atoms with Crippen molar-refractivity contribution in [1.82, 2.24) is 0 Å². The molecule has 3 fully saturated rings. The zero-order valence-electron chi connectivity index (χ0n) is 19.9. The summed E-state index contributed by atoms with van der Waals surface area (Å²) in [5, 5.41) is 20.9. The van der Waals surface area contributed by atoms with Gasteiger partial charge in [0.2, 0.25) is 0 Å². The fraction of sp³-hybridized carbons (Fsp3) is 0.926. The van der Waals surface area contributed by atoms with Crippen molar-refractivity contribution in [3.63, 3.8) is 0 Å². The van der Waals surface area contributed by atoms with Crippen LogP contribution in [0.3, 0.4) is 0 Å². The Bertz CT molecular complexity index is 656. The molecule has 0 saturated heterocycles. The molecule has 2 N–H and O–H groups in total. The third-order valence-electron chi connectivity index (χ3n) is 10.4. The van der Waals surface area contributed by atoms with Crippen molar-refractivity contribution < 1.29 is 10.2 Å². The third kappa shape index (κ3) is 3.75. The number of allylic oxidation sites excluding steroid dienone is 1. The summed E-state index contributed by atoms with van der Waals surface area (Å²) in [6, 6.07) is 0. The van der Waals surface area contributed by atoms with Crippen LogP contribution in [0.15, 0.2) is 11.6 Å². The maximum Gasteiger partial charge on any atom is 0.0657 e. The van der Waals surface area contributed by atoms with Gasteiger partial charge in [0, 0.05) is 0 Å². The lowest BCUT2D eigenvalue weighted by molar-refractivity contribution is -0.0713. The molecular weight excluding hydrogens is 356 g/mol. The molecule has 4 aliphatic rings. The Morgan fingerprint density at radius 2 is 1.79 bits per heavy atom. The first kappa shape index (κ1) is 21.9. The van der Waals surface area contributed by atoms with E-state index >= 15 is 0 Å². The highest BCUT2D eigenvalue weighted by molar-refractivity contribution is 5.26. The largest absolute Gasteiger partial charge is 0.390 e. The molecule has 0 aromatic heterocycles. The Hall–Kier alpha value is -0.340. The predicted octanol–water partition coefficient (Wildman–Crippen LogP) is 6.50. The Morgan fingerprint density at radius 1 is 1.07 bits per heavy atom. The number of hydrogen-bond acceptors (Lipinski definition) is 2. The summed E-state index contributed by atoms with van der Waals surface area (Å²) in [6.45, 7) is 13.6. The van der Waals surface area contributed by atoms with Gasteiger partial charge in [-0.25, -0.2) is 0 Å². The van der Waals surface area contributed by atoms with Gasteiger partial charge in [0.1, 0.15) is 0 Å². The van der Waals surface area contributed by atoms with Crippen LogP contribution in [-0.2, 0) is 0 Å². The van der Waals surface area contributed by atoms with Crippen molar-refractivity contribution in [2.24, 2.45) is 40.4 Å². The average Bonchev–Trinajstić information content (AvgIpc) is 2.97. The van der Waals surface area contributed by atoms with E-state index in [1.165, 1.54) is 38.5 Å². The molecule has 8 atom stereocenters. The molecule has 0 aliphatic heterocycles. The Morgan fingerprint density at radius 3 is 2.48 bits per heavy atom. The second-order valence-electron chi connectivity index (χ2n) is 13.0. The number of fused-ring (bicyclic) bond motifs is 5. The van der Waals surface area contributed by atoms with E-state index in [4.69, 9.17) is 0 Å². The van der Waals surface area contributed by atoms with Crippen molar-refractivity contribution in [2.45, 2.75) is 117 Å². The fourth-order valence-electron chi connectivity index (χ4n) is 8.56. The van der Waals surface area contributed by atoms with Gasteiger partial charge in [-0.2, -0.15) is 0 Å². The van der Waals surface area contributed by atoms with Gasteiger partial charge >= 0.3 is 0 Å². The molecule has 0 amide bonds. The van der Waals surface area contributed by atoms with Crippen LogP contribution < -0.4 is 0 Å². The molecule has 4 aliphatic carbocycles. The first-order valence-electron chi connectivity index (χ1n) is 12.5. The Kier molecular flexibility index (Phi) is 5.35. The maximum absolute atomic E-state index is 10.7. The lowest BCUT2D eigenvalue weighted by Gasteiger charge is -2.59. The molecule has 0 heterocycles. The van der Waals surface area contributed by atoms with Crippen molar-refractivity contribution in [3.05, 3.63) is 11.6 Å². The van der Waals surface area contributed by atoms with Gasteiger partial charge in [0.15, 0.2) is 0 Å². The van der Waals surface area contributed by atoms with E-state index in [9.17, 15) is 10.2 Å². The molecule has 2 nitrogen and oxygen atoms in total. The molecule has 2 heteroatoms. The lowest BCUT2D eigenvalue weighted by atomic mass is 9.46. The first-order chi connectivity index (χ1) is 13.4. The normalized spacial score (nSPS) is 48.3. The standard InChI is InChI=1S/C27H46O2/c1-18(11-13-24(2,3)28)21-9-10-22-20-8-7-19-17-25(4,29)15-16-26(19,5)23(20)12-14-27(21,22)6/h7,18,20-23,28-29H,8-17H2,1-6H3/t18-,20?,21-,22?,23?,25-,26+,27-/m1/s1. The fourth-order valence-corrected chi connectivity index (χ4v) is 8.56. The van der Waals surface area contributed by atoms with E-state index in [0.717, 1.165) is 49.4 Å². The third-order valence-corrected chi connectivity index (χ3v) is 10.4. The SMILES string of the molecule is C[C@H](CCC(C)(C)O)[C@H]1CCC2C3CC=C4C[C@](C)(O)CC[C@]4(C)C3CC[C@@]21C. The van der Waals surface area contributed by atoms with Gasteiger partial charge < -0.3 is 10.2 Å². The number of hydrogen-bond donors (Lipinski definition) is 2.